The fourth-order valence-electron chi connectivity index (χ4n) is 5.67. The number of nitrogens with one attached hydrogen (secondary N) is 1. The number of rotatable bonds is 7. The first-order chi connectivity index (χ1) is 18.0. The van der Waals surface area contributed by atoms with Gasteiger partial charge >= 0.3 is 0 Å². The summed E-state index contributed by atoms with van der Waals surface area (Å²) in [7, 11) is 0. The van der Waals surface area contributed by atoms with Gasteiger partial charge in [-0.05, 0) is 63.3 Å². The fraction of sp³-hybridized carbons (Fsp3) is 0.423. The summed E-state index contributed by atoms with van der Waals surface area (Å²) in [6, 6.07) is 9.94. The maximum atomic E-state index is 10.8. The van der Waals surface area contributed by atoms with E-state index in [0.29, 0.717) is 19.1 Å². The quantitative estimate of drug-likeness (QED) is 0.366. The number of imidazole rings is 1. The van der Waals surface area contributed by atoms with Gasteiger partial charge in [0.25, 0.3) is 0 Å². The molecule has 0 saturated carbocycles. The van der Waals surface area contributed by atoms with Crippen LogP contribution in [0, 0.1) is 19.8 Å². The van der Waals surface area contributed by atoms with E-state index in [0.717, 1.165) is 83.4 Å². The maximum absolute atomic E-state index is 10.8. The van der Waals surface area contributed by atoms with Crippen LogP contribution in [0.2, 0.25) is 0 Å². The van der Waals surface area contributed by atoms with Crippen LogP contribution in [-0.2, 0) is 11.3 Å². The lowest BCUT2D eigenvalue weighted by Crippen LogP contribution is -2.38. The van der Waals surface area contributed by atoms with Crippen LogP contribution >= 0.6 is 0 Å². The Morgan fingerprint density at radius 1 is 1.19 bits per heavy atom. The summed E-state index contributed by atoms with van der Waals surface area (Å²) >= 11 is -2.21. The topological polar surface area (TPSA) is 121 Å². The molecule has 1 N–H and O–H groups in total. The van der Waals surface area contributed by atoms with Crippen LogP contribution < -0.4 is 14.4 Å². The van der Waals surface area contributed by atoms with Crippen molar-refractivity contribution in [1.29, 1.82) is 0 Å². The number of hydrogen-bond donors (Lipinski definition) is 1. The molecule has 2 aliphatic heterocycles. The summed E-state index contributed by atoms with van der Waals surface area (Å²) in [4.78, 5) is 12.1. The summed E-state index contributed by atoms with van der Waals surface area (Å²) in [5.41, 5.74) is 5.51. The van der Waals surface area contributed by atoms with Crippen molar-refractivity contribution in [2.75, 3.05) is 31.1 Å². The number of hydrogen-bond acceptors (Lipinski definition) is 8. The second-order valence-electron chi connectivity index (χ2n) is 9.72. The number of pyridine rings is 1. The molecular weight excluding hydrogens is 492 g/mol. The predicted octanol–water partition coefficient (Wildman–Crippen LogP) is 3.68. The van der Waals surface area contributed by atoms with E-state index in [4.69, 9.17) is 14.2 Å². The van der Waals surface area contributed by atoms with E-state index in [9.17, 15) is 8.76 Å². The number of anilines is 1. The largest absolute Gasteiger partial charge is 0.760 e. The maximum Gasteiger partial charge on any atom is 0.207 e. The molecule has 5 heterocycles. The molecule has 0 amide bonds. The van der Waals surface area contributed by atoms with E-state index in [1.807, 2.05) is 50.4 Å². The van der Waals surface area contributed by atoms with Crippen LogP contribution in [0.4, 0.5) is 5.95 Å². The van der Waals surface area contributed by atoms with Gasteiger partial charge in [0.05, 0.1) is 22.5 Å². The van der Waals surface area contributed by atoms with Gasteiger partial charge in [0.2, 0.25) is 5.95 Å². The smallest absolute Gasteiger partial charge is 0.207 e. The summed E-state index contributed by atoms with van der Waals surface area (Å²) in [6.07, 6.45) is 4.62. The standard InChI is InChI=1S/C26H30N6O4S/c1-16-23(17(2)36-30-16)19-6-7-21-24-25(19)35-15-22(20-5-3-4-11-27-20)32(24)26(29-21)31-13-9-18(10-14-31)8-12-28-37(33)34/h3-7,11,18,22,28H,8-10,12-15H2,1-2H3,(H,33,34)/p-1/t22-/m1/s1. The van der Waals surface area contributed by atoms with E-state index in [2.05, 4.69) is 24.3 Å². The number of ether oxygens (including phenoxy) is 1. The molecule has 0 bridgehead atoms. The SMILES string of the molecule is Cc1noc(C)c1-c1ccc2nc(N3CCC(CCNS(=O)[O-])CC3)n3c2c1OC[C@@H]3c1ccccn1. The minimum absolute atomic E-state index is 0.109. The van der Waals surface area contributed by atoms with Crippen molar-refractivity contribution in [3.05, 3.63) is 53.7 Å². The molecule has 194 valence electrons. The average Bonchev–Trinajstić information content (AvgIpc) is 3.46. The highest BCUT2D eigenvalue weighted by Crippen LogP contribution is 2.46. The molecule has 2 aliphatic rings. The molecule has 0 aliphatic carbocycles. The first-order valence-electron chi connectivity index (χ1n) is 12.6. The molecule has 0 spiro atoms. The average molecular weight is 522 g/mol. The number of piperidine rings is 1. The van der Waals surface area contributed by atoms with Crippen molar-refractivity contribution in [3.63, 3.8) is 0 Å². The van der Waals surface area contributed by atoms with Crippen molar-refractivity contribution in [3.8, 4) is 16.9 Å². The van der Waals surface area contributed by atoms with Crippen LogP contribution in [0.15, 0.2) is 41.1 Å². The van der Waals surface area contributed by atoms with Crippen LogP contribution in [-0.4, -0.2) is 54.7 Å². The fourth-order valence-corrected chi connectivity index (χ4v) is 5.95. The molecule has 10 nitrogen and oxygen atoms in total. The Balaban J connectivity index is 1.40. The lowest BCUT2D eigenvalue weighted by Gasteiger charge is -2.35. The predicted molar refractivity (Wildman–Crippen MR) is 139 cm³/mol. The summed E-state index contributed by atoms with van der Waals surface area (Å²) in [6.45, 7) is 6.50. The number of aryl methyl sites for hydroxylation is 2. The van der Waals surface area contributed by atoms with Gasteiger partial charge in [0.1, 0.15) is 23.9 Å². The van der Waals surface area contributed by atoms with Crippen LogP contribution in [0.25, 0.3) is 22.2 Å². The minimum atomic E-state index is -2.21. The van der Waals surface area contributed by atoms with Gasteiger partial charge in [-0.25, -0.2) is 9.71 Å². The molecule has 2 atom stereocenters. The zero-order chi connectivity index (χ0) is 25.5. The third-order valence-corrected chi connectivity index (χ3v) is 7.93. The van der Waals surface area contributed by atoms with E-state index in [1.54, 1.807) is 0 Å². The van der Waals surface area contributed by atoms with E-state index in [-0.39, 0.29) is 6.04 Å². The van der Waals surface area contributed by atoms with Crippen molar-refractivity contribution in [2.45, 2.75) is 39.2 Å². The molecule has 37 heavy (non-hydrogen) atoms. The van der Waals surface area contributed by atoms with Crippen LogP contribution in [0.1, 0.15) is 42.5 Å². The van der Waals surface area contributed by atoms with E-state index in [1.165, 1.54) is 0 Å². The Hall–Kier alpha value is -3.28. The third-order valence-electron chi connectivity index (χ3n) is 7.49. The van der Waals surface area contributed by atoms with Gasteiger partial charge in [-0.3, -0.25) is 13.8 Å². The lowest BCUT2D eigenvalue weighted by molar-refractivity contribution is 0.257. The van der Waals surface area contributed by atoms with Crippen molar-refractivity contribution >= 4 is 28.2 Å². The summed E-state index contributed by atoms with van der Waals surface area (Å²) in [5.74, 6) is 2.95. The highest BCUT2D eigenvalue weighted by Gasteiger charge is 2.34. The molecule has 11 heteroatoms. The molecule has 1 fully saturated rings. The Bertz CT molecular complexity index is 1430. The minimum Gasteiger partial charge on any atom is -0.760 e. The Labute approximate surface area is 217 Å². The van der Waals surface area contributed by atoms with Crippen LogP contribution in [0.3, 0.4) is 0 Å². The van der Waals surface area contributed by atoms with Gasteiger partial charge in [-0.1, -0.05) is 11.2 Å². The molecule has 6 rings (SSSR count). The highest BCUT2D eigenvalue weighted by atomic mass is 32.2. The number of benzene rings is 1. The Morgan fingerprint density at radius 3 is 2.73 bits per heavy atom. The number of nitrogens with zero attached hydrogens (tertiary/aromatic N) is 5. The second-order valence-corrected chi connectivity index (χ2v) is 10.5. The van der Waals surface area contributed by atoms with Crippen molar-refractivity contribution in [2.24, 2.45) is 5.92 Å². The first kappa shape index (κ1) is 24.1. The first-order valence-corrected chi connectivity index (χ1v) is 13.7. The van der Waals surface area contributed by atoms with Crippen molar-refractivity contribution in [1.82, 2.24) is 24.4 Å². The third kappa shape index (κ3) is 4.41. The number of aromatic nitrogens is 4. The van der Waals surface area contributed by atoms with Gasteiger partial charge < -0.3 is 18.7 Å². The Morgan fingerprint density at radius 2 is 2.03 bits per heavy atom. The normalized spacial score (nSPS) is 18.8. The summed E-state index contributed by atoms with van der Waals surface area (Å²) < 4.78 is 38.3. The second kappa shape index (κ2) is 9.88. The zero-order valence-electron chi connectivity index (χ0n) is 20.8. The molecule has 3 aromatic heterocycles. The van der Waals surface area contributed by atoms with Gasteiger partial charge in [-0.2, -0.15) is 0 Å². The zero-order valence-corrected chi connectivity index (χ0v) is 21.7. The Kier molecular flexibility index (Phi) is 6.43. The molecular formula is C26H29N6O4S-. The molecule has 1 aromatic carbocycles. The van der Waals surface area contributed by atoms with E-state index < -0.39 is 11.3 Å². The van der Waals surface area contributed by atoms with E-state index >= 15 is 0 Å². The van der Waals surface area contributed by atoms with Gasteiger partial charge in [0.15, 0.2) is 5.75 Å². The lowest BCUT2D eigenvalue weighted by atomic mass is 9.94. The van der Waals surface area contributed by atoms with Crippen molar-refractivity contribution < 1.29 is 18.0 Å². The van der Waals surface area contributed by atoms with Gasteiger partial charge in [-0.15, -0.1) is 0 Å². The molecule has 1 saturated heterocycles. The molecule has 0 radical (unpaired) electrons. The molecule has 1 unspecified atom stereocenters. The summed E-state index contributed by atoms with van der Waals surface area (Å²) in [5, 5.41) is 4.16. The monoisotopic (exact) mass is 521 g/mol. The molecule has 4 aromatic rings. The van der Waals surface area contributed by atoms with Gasteiger partial charge in [0, 0.05) is 42.7 Å². The highest BCUT2D eigenvalue weighted by molar-refractivity contribution is 7.77. The van der Waals surface area contributed by atoms with Crippen LogP contribution in [0.5, 0.6) is 5.75 Å².